The van der Waals surface area contributed by atoms with Crippen LogP contribution in [0, 0.1) is 0 Å². The van der Waals surface area contributed by atoms with Crippen molar-refractivity contribution in [1.82, 2.24) is 0 Å². The fourth-order valence-electron chi connectivity index (χ4n) is 2.32. The Morgan fingerprint density at radius 2 is 1.74 bits per heavy atom. The minimum atomic E-state index is -0.715. The van der Waals surface area contributed by atoms with Gasteiger partial charge >= 0.3 is 0 Å². The lowest BCUT2D eigenvalue weighted by molar-refractivity contribution is -0.122. The normalized spacial score (nSPS) is 11.5. The summed E-state index contributed by atoms with van der Waals surface area (Å²) in [6, 6.07) is 17.4. The number of halogens is 1. The van der Waals surface area contributed by atoms with Crippen LogP contribution in [0.25, 0.3) is 0 Å². The van der Waals surface area contributed by atoms with Crippen LogP contribution in [-0.2, 0) is 4.79 Å². The van der Waals surface area contributed by atoms with Crippen molar-refractivity contribution >= 4 is 46.1 Å². The summed E-state index contributed by atoms with van der Waals surface area (Å²) in [7, 11) is 0. The summed E-state index contributed by atoms with van der Waals surface area (Å²) in [6.07, 6.45) is -0.715. The molecule has 5 nitrogen and oxygen atoms in total. The van der Waals surface area contributed by atoms with E-state index in [1.165, 1.54) is 11.3 Å². The van der Waals surface area contributed by atoms with Crippen LogP contribution in [0.5, 0.6) is 5.75 Å². The van der Waals surface area contributed by atoms with Gasteiger partial charge in [0.05, 0.1) is 4.88 Å². The number of hydrogen-bond donors (Lipinski definition) is 2. The highest BCUT2D eigenvalue weighted by Gasteiger charge is 2.15. The van der Waals surface area contributed by atoms with E-state index in [0.717, 1.165) is 0 Å². The highest BCUT2D eigenvalue weighted by Crippen LogP contribution is 2.20. The number of nitrogens with one attached hydrogen (secondary N) is 2. The summed E-state index contributed by atoms with van der Waals surface area (Å²) >= 11 is 7.28. The van der Waals surface area contributed by atoms with Crippen molar-refractivity contribution in [3.63, 3.8) is 0 Å². The van der Waals surface area contributed by atoms with E-state index in [4.69, 9.17) is 16.3 Å². The summed E-state index contributed by atoms with van der Waals surface area (Å²) in [4.78, 5) is 25.1. The first-order valence-electron chi connectivity index (χ1n) is 8.19. The van der Waals surface area contributed by atoms with Crippen molar-refractivity contribution in [2.75, 3.05) is 10.6 Å². The molecule has 0 bridgehead atoms. The number of anilines is 2. The molecule has 0 aliphatic rings. The first-order valence-corrected chi connectivity index (χ1v) is 9.45. The van der Waals surface area contributed by atoms with E-state index in [2.05, 4.69) is 10.6 Å². The lowest BCUT2D eigenvalue weighted by Gasteiger charge is -2.15. The Morgan fingerprint density at radius 3 is 2.44 bits per heavy atom. The lowest BCUT2D eigenvalue weighted by Crippen LogP contribution is -2.30. The van der Waals surface area contributed by atoms with Gasteiger partial charge in [-0.3, -0.25) is 9.59 Å². The first kappa shape index (κ1) is 18.9. The summed E-state index contributed by atoms with van der Waals surface area (Å²) in [5.41, 5.74) is 1.15. The van der Waals surface area contributed by atoms with Crippen LogP contribution in [0.2, 0.25) is 5.02 Å². The van der Waals surface area contributed by atoms with Gasteiger partial charge in [-0.2, -0.15) is 0 Å². The number of carbonyl (C=O) groups is 2. The minimum Gasteiger partial charge on any atom is -0.481 e. The topological polar surface area (TPSA) is 67.4 Å². The van der Waals surface area contributed by atoms with E-state index in [1.807, 2.05) is 11.4 Å². The van der Waals surface area contributed by atoms with Crippen molar-refractivity contribution in [3.8, 4) is 5.75 Å². The van der Waals surface area contributed by atoms with Crippen molar-refractivity contribution in [2.45, 2.75) is 13.0 Å². The maximum absolute atomic E-state index is 12.4. The van der Waals surface area contributed by atoms with Crippen LogP contribution in [0.3, 0.4) is 0 Å². The summed E-state index contributed by atoms with van der Waals surface area (Å²) in [5.74, 6) is 0.0185. The molecule has 1 aromatic heterocycles. The number of ether oxygens (including phenoxy) is 1. The molecule has 0 saturated carbocycles. The van der Waals surface area contributed by atoms with E-state index >= 15 is 0 Å². The molecule has 138 valence electrons. The molecule has 1 atom stereocenters. The molecule has 27 heavy (non-hydrogen) atoms. The Balaban J connectivity index is 1.61. The molecule has 1 unspecified atom stereocenters. The molecule has 2 aromatic carbocycles. The van der Waals surface area contributed by atoms with Crippen LogP contribution in [0.4, 0.5) is 11.4 Å². The molecule has 2 amide bonds. The number of rotatable bonds is 6. The SMILES string of the molecule is CC(Oc1cccc(Cl)c1)C(=O)Nc1cccc(NC(=O)c2cccs2)c1. The van der Waals surface area contributed by atoms with E-state index in [1.54, 1.807) is 61.5 Å². The maximum Gasteiger partial charge on any atom is 0.265 e. The summed E-state index contributed by atoms with van der Waals surface area (Å²) < 4.78 is 5.61. The van der Waals surface area contributed by atoms with Gasteiger partial charge in [-0.15, -0.1) is 11.3 Å². The van der Waals surface area contributed by atoms with Gasteiger partial charge in [-0.25, -0.2) is 0 Å². The molecule has 0 aliphatic carbocycles. The first-order chi connectivity index (χ1) is 13.0. The van der Waals surface area contributed by atoms with Crippen molar-refractivity contribution in [1.29, 1.82) is 0 Å². The molecule has 0 radical (unpaired) electrons. The molecule has 7 heteroatoms. The third-order valence-corrected chi connectivity index (χ3v) is 4.71. The van der Waals surface area contributed by atoms with Gasteiger partial charge in [0.25, 0.3) is 11.8 Å². The molecule has 1 heterocycles. The number of benzene rings is 2. The van der Waals surface area contributed by atoms with Crippen molar-refractivity contribution in [2.24, 2.45) is 0 Å². The molecule has 0 fully saturated rings. The van der Waals surface area contributed by atoms with E-state index in [9.17, 15) is 9.59 Å². The Labute approximate surface area is 165 Å². The largest absolute Gasteiger partial charge is 0.481 e. The van der Waals surface area contributed by atoms with E-state index in [-0.39, 0.29) is 11.8 Å². The molecule has 0 saturated heterocycles. The fourth-order valence-corrected chi connectivity index (χ4v) is 3.12. The number of carbonyl (C=O) groups excluding carboxylic acids is 2. The standard InChI is InChI=1S/C20H17ClN2O3S/c1-13(26-17-8-2-5-14(21)11-17)19(24)22-15-6-3-7-16(12-15)23-20(25)18-9-4-10-27-18/h2-13H,1H3,(H,22,24)(H,23,25). The zero-order valence-electron chi connectivity index (χ0n) is 14.4. The van der Waals surface area contributed by atoms with Gasteiger partial charge in [0.1, 0.15) is 5.75 Å². The van der Waals surface area contributed by atoms with Crippen LogP contribution < -0.4 is 15.4 Å². The molecule has 3 aromatic rings. The predicted octanol–water partition coefficient (Wildman–Crippen LogP) is 5.06. The number of thiophene rings is 1. The van der Waals surface area contributed by atoms with Gasteiger partial charge in [-0.05, 0) is 54.8 Å². The molecular formula is C20H17ClN2O3S. The Bertz CT molecular complexity index is 944. The van der Waals surface area contributed by atoms with Gasteiger partial charge in [0.15, 0.2) is 6.10 Å². The Hall–Kier alpha value is -2.83. The third-order valence-electron chi connectivity index (χ3n) is 3.61. The molecule has 2 N–H and O–H groups in total. The zero-order chi connectivity index (χ0) is 19.2. The lowest BCUT2D eigenvalue weighted by atomic mass is 10.2. The highest BCUT2D eigenvalue weighted by molar-refractivity contribution is 7.12. The summed E-state index contributed by atoms with van der Waals surface area (Å²) in [5, 5.41) is 7.96. The second kappa shape index (κ2) is 8.70. The minimum absolute atomic E-state index is 0.189. The smallest absolute Gasteiger partial charge is 0.265 e. The van der Waals surface area contributed by atoms with Crippen LogP contribution >= 0.6 is 22.9 Å². The van der Waals surface area contributed by atoms with Crippen molar-refractivity contribution < 1.29 is 14.3 Å². The van der Waals surface area contributed by atoms with E-state index in [0.29, 0.717) is 27.0 Å². The molecular weight excluding hydrogens is 384 g/mol. The molecule has 0 spiro atoms. The Morgan fingerprint density at radius 1 is 1.00 bits per heavy atom. The van der Waals surface area contributed by atoms with E-state index < -0.39 is 6.10 Å². The van der Waals surface area contributed by atoms with Crippen molar-refractivity contribution in [3.05, 3.63) is 75.9 Å². The molecule has 3 rings (SSSR count). The third kappa shape index (κ3) is 5.32. The van der Waals surface area contributed by atoms with Crippen LogP contribution in [0.1, 0.15) is 16.6 Å². The predicted molar refractivity (Wildman–Crippen MR) is 109 cm³/mol. The number of amides is 2. The summed E-state index contributed by atoms with van der Waals surface area (Å²) in [6.45, 7) is 1.65. The van der Waals surface area contributed by atoms with Crippen LogP contribution in [0.15, 0.2) is 66.0 Å². The second-order valence-electron chi connectivity index (χ2n) is 5.72. The highest BCUT2D eigenvalue weighted by atomic mass is 35.5. The van der Waals surface area contributed by atoms with Gasteiger partial charge in [0.2, 0.25) is 0 Å². The number of hydrogen-bond acceptors (Lipinski definition) is 4. The average molecular weight is 401 g/mol. The second-order valence-corrected chi connectivity index (χ2v) is 7.10. The maximum atomic E-state index is 12.4. The molecule has 0 aliphatic heterocycles. The quantitative estimate of drug-likeness (QED) is 0.607. The Kier molecular flexibility index (Phi) is 6.11. The van der Waals surface area contributed by atoms with Gasteiger partial charge < -0.3 is 15.4 Å². The monoisotopic (exact) mass is 400 g/mol. The van der Waals surface area contributed by atoms with Crippen LogP contribution in [-0.4, -0.2) is 17.9 Å². The average Bonchev–Trinajstić information content (AvgIpc) is 3.17. The van der Waals surface area contributed by atoms with Gasteiger partial charge in [-0.1, -0.05) is 29.8 Å². The zero-order valence-corrected chi connectivity index (χ0v) is 16.0. The fraction of sp³-hybridized carbons (Fsp3) is 0.100. The van der Waals surface area contributed by atoms with Gasteiger partial charge in [0, 0.05) is 16.4 Å².